The summed E-state index contributed by atoms with van der Waals surface area (Å²) in [5.74, 6) is -9.82. The standard InChI is InChI=1S/C16H9F7O2/c17-9-3-7(13-1-2-24-13)4-10(18)14(9)16(22,23)25-8-5-11(19)15(21)12(20)6-8/h3-6,13H,1-2H2. The largest absolute Gasteiger partial charge is 0.432 e. The number of hydrogen-bond donors (Lipinski definition) is 0. The maximum absolute atomic E-state index is 14.1. The third-order valence-electron chi connectivity index (χ3n) is 3.63. The summed E-state index contributed by atoms with van der Waals surface area (Å²) in [5, 5.41) is 0. The van der Waals surface area contributed by atoms with Crippen LogP contribution < -0.4 is 4.74 Å². The number of ether oxygens (including phenoxy) is 2. The van der Waals surface area contributed by atoms with Crippen LogP contribution in [0.3, 0.4) is 0 Å². The van der Waals surface area contributed by atoms with Crippen LogP contribution in [0.4, 0.5) is 30.7 Å². The molecule has 134 valence electrons. The molecule has 2 nitrogen and oxygen atoms in total. The van der Waals surface area contributed by atoms with Crippen molar-refractivity contribution in [3.8, 4) is 5.75 Å². The first-order valence-electron chi connectivity index (χ1n) is 7.01. The fraction of sp³-hybridized carbons (Fsp3) is 0.250. The molecule has 0 amide bonds. The van der Waals surface area contributed by atoms with Crippen molar-refractivity contribution < 1.29 is 40.2 Å². The maximum Gasteiger partial charge on any atom is 0.432 e. The van der Waals surface area contributed by atoms with Crippen LogP contribution in [0.25, 0.3) is 0 Å². The predicted octanol–water partition coefficient (Wildman–Crippen LogP) is 4.97. The summed E-state index contributed by atoms with van der Waals surface area (Å²) in [7, 11) is 0. The Hall–Kier alpha value is -2.29. The molecular formula is C16H9F7O2. The number of alkyl halides is 2. The quantitative estimate of drug-likeness (QED) is 0.562. The lowest BCUT2D eigenvalue weighted by Crippen LogP contribution is -2.26. The molecule has 0 N–H and O–H groups in total. The Bertz CT molecular complexity index is 772. The average molecular weight is 366 g/mol. The summed E-state index contributed by atoms with van der Waals surface area (Å²) in [6, 6.07) is 1.62. The van der Waals surface area contributed by atoms with Crippen LogP contribution >= 0.6 is 0 Å². The Labute approximate surface area is 136 Å². The summed E-state index contributed by atoms with van der Waals surface area (Å²) < 4.78 is 104. The molecule has 1 atom stereocenters. The van der Waals surface area contributed by atoms with E-state index in [4.69, 9.17) is 4.74 Å². The van der Waals surface area contributed by atoms with E-state index in [1.807, 2.05) is 0 Å². The first-order valence-corrected chi connectivity index (χ1v) is 7.01. The smallest absolute Gasteiger partial charge is 0.429 e. The van der Waals surface area contributed by atoms with Crippen LogP contribution in [0, 0.1) is 29.1 Å². The van der Waals surface area contributed by atoms with Crippen LogP contribution in [0.15, 0.2) is 24.3 Å². The van der Waals surface area contributed by atoms with Crippen molar-refractivity contribution in [1.29, 1.82) is 0 Å². The van der Waals surface area contributed by atoms with Gasteiger partial charge < -0.3 is 9.47 Å². The van der Waals surface area contributed by atoms with Gasteiger partial charge in [-0.2, -0.15) is 8.78 Å². The molecular weight excluding hydrogens is 357 g/mol. The van der Waals surface area contributed by atoms with Crippen molar-refractivity contribution >= 4 is 0 Å². The lowest BCUT2D eigenvalue weighted by atomic mass is 10.0. The lowest BCUT2D eigenvalue weighted by molar-refractivity contribution is -0.189. The number of hydrogen-bond acceptors (Lipinski definition) is 2. The number of halogens is 7. The van der Waals surface area contributed by atoms with E-state index in [0.29, 0.717) is 25.2 Å². The van der Waals surface area contributed by atoms with E-state index in [-0.39, 0.29) is 17.7 Å². The molecule has 1 heterocycles. The van der Waals surface area contributed by atoms with Gasteiger partial charge in [0, 0.05) is 18.6 Å². The SMILES string of the molecule is Fc1cc(OC(F)(F)c2c(F)cc(C3CCO3)cc2F)cc(F)c1F. The first-order chi connectivity index (χ1) is 11.7. The van der Waals surface area contributed by atoms with Crippen molar-refractivity contribution in [2.24, 2.45) is 0 Å². The van der Waals surface area contributed by atoms with E-state index >= 15 is 0 Å². The maximum atomic E-state index is 14.1. The molecule has 0 saturated carbocycles. The van der Waals surface area contributed by atoms with Crippen molar-refractivity contribution in [1.82, 2.24) is 0 Å². The van der Waals surface area contributed by atoms with Crippen molar-refractivity contribution in [2.75, 3.05) is 6.61 Å². The molecule has 0 aromatic heterocycles. The second kappa shape index (κ2) is 6.21. The van der Waals surface area contributed by atoms with Gasteiger partial charge in [0.05, 0.1) is 12.7 Å². The summed E-state index contributed by atoms with van der Waals surface area (Å²) in [6.07, 6.45) is -4.70. The Morgan fingerprint density at radius 2 is 1.40 bits per heavy atom. The molecule has 0 radical (unpaired) electrons. The predicted molar refractivity (Wildman–Crippen MR) is 70.5 cm³/mol. The van der Waals surface area contributed by atoms with Gasteiger partial charge >= 0.3 is 6.11 Å². The van der Waals surface area contributed by atoms with Gasteiger partial charge in [-0.05, 0) is 17.7 Å². The van der Waals surface area contributed by atoms with Crippen LogP contribution in [0.2, 0.25) is 0 Å². The minimum absolute atomic E-state index is 0.0414. The van der Waals surface area contributed by atoms with Crippen LogP contribution in [-0.2, 0) is 10.8 Å². The Balaban J connectivity index is 1.94. The minimum atomic E-state index is -4.59. The zero-order chi connectivity index (χ0) is 18.4. The van der Waals surface area contributed by atoms with E-state index in [1.165, 1.54) is 0 Å². The number of rotatable bonds is 4. The summed E-state index contributed by atoms with van der Waals surface area (Å²) >= 11 is 0. The van der Waals surface area contributed by atoms with Gasteiger partial charge in [-0.3, -0.25) is 0 Å². The monoisotopic (exact) mass is 366 g/mol. The zero-order valence-corrected chi connectivity index (χ0v) is 12.3. The highest BCUT2D eigenvalue weighted by Gasteiger charge is 2.42. The lowest BCUT2D eigenvalue weighted by Gasteiger charge is -2.27. The van der Waals surface area contributed by atoms with E-state index in [9.17, 15) is 30.7 Å². The van der Waals surface area contributed by atoms with Crippen molar-refractivity contribution in [3.05, 3.63) is 64.5 Å². The van der Waals surface area contributed by atoms with Crippen LogP contribution in [0.5, 0.6) is 5.75 Å². The summed E-state index contributed by atoms with van der Waals surface area (Å²) in [5.41, 5.74) is -1.69. The molecule has 1 aliphatic heterocycles. The third-order valence-corrected chi connectivity index (χ3v) is 3.63. The van der Waals surface area contributed by atoms with Crippen LogP contribution in [0.1, 0.15) is 23.7 Å². The first kappa shape index (κ1) is 17.5. The van der Waals surface area contributed by atoms with Gasteiger partial charge in [-0.1, -0.05) is 0 Å². The molecule has 0 bridgehead atoms. The highest BCUT2D eigenvalue weighted by Crippen LogP contribution is 2.38. The highest BCUT2D eigenvalue weighted by molar-refractivity contribution is 5.32. The second-order valence-corrected chi connectivity index (χ2v) is 5.33. The van der Waals surface area contributed by atoms with Gasteiger partial charge in [0.25, 0.3) is 0 Å². The molecule has 1 saturated heterocycles. The highest BCUT2D eigenvalue weighted by atomic mass is 19.3. The molecule has 0 aliphatic carbocycles. The van der Waals surface area contributed by atoms with Crippen molar-refractivity contribution in [2.45, 2.75) is 18.6 Å². The van der Waals surface area contributed by atoms with E-state index in [0.717, 1.165) is 0 Å². The molecule has 2 aromatic rings. The normalized spacial score (nSPS) is 17.3. The van der Waals surface area contributed by atoms with Gasteiger partial charge in [-0.25, -0.2) is 22.0 Å². The average Bonchev–Trinajstić information content (AvgIpc) is 2.41. The molecule has 0 spiro atoms. The van der Waals surface area contributed by atoms with Gasteiger partial charge in [-0.15, -0.1) is 0 Å². The second-order valence-electron chi connectivity index (χ2n) is 5.33. The third kappa shape index (κ3) is 3.28. The fourth-order valence-corrected chi connectivity index (χ4v) is 2.35. The molecule has 1 unspecified atom stereocenters. The molecule has 9 heteroatoms. The Morgan fingerprint density at radius 1 is 0.880 bits per heavy atom. The Morgan fingerprint density at radius 3 is 1.84 bits per heavy atom. The van der Waals surface area contributed by atoms with Gasteiger partial charge in [0.15, 0.2) is 17.5 Å². The Kier molecular flexibility index (Phi) is 4.36. The van der Waals surface area contributed by atoms with E-state index in [2.05, 4.69) is 4.74 Å². The summed E-state index contributed by atoms with van der Waals surface area (Å²) in [4.78, 5) is 0. The minimum Gasteiger partial charge on any atom is -0.429 e. The van der Waals surface area contributed by atoms with E-state index in [1.54, 1.807) is 0 Å². The van der Waals surface area contributed by atoms with E-state index < -0.39 is 52.6 Å². The van der Waals surface area contributed by atoms with Gasteiger partial charge in [0.2, 0.25) is 0 Å². The fourth-order valence-electron chi connectivity index (χ4n) is 2.35. The molecule has 1 fully saturated rings. The molecule has 1 aliphatic rings. The molecule has 25 heavy (non-hydrogen) atoms. The topological polar surface area (TPSA) is 18.5 Å². The van der Waals surface area contributed by atoms with Gasteiger partial charge in [0.1, 0.15) is 22.9 Å². The molecule has 2 aromatic carbocycles. The molecule has 3 rings (SSSR count). The number of benzene rings is 2. The van der Waals surface area contributed by atoms with Crippen LogP contribution in [-0.4, -0.2) is 6.61 Å². The van der Waals surface area contributed by atoms with Crippen molar-refractivity contribution in [3.63, 3.8) is 0 Å². The summed E-state index contributed by atoms with van der Waals surface area (Å²) in [6.45, 7) is 0.386. The zero-order valence-electron chi connectivity index (χ0n) is 12.3.